The fraction of sp³-hybridized carbons (Fsp3) is 0.417. The molecule has 0 fully saturated rings. The van der Waals surface area contributed by atoms with Gasteiger partial charge in [-0.15, -0.1) is 0 Å². The minimum atomic E-state index is -1.03. The molecule has 1 aromatic carbocycles. The van der Waals surface area contributed by atoms with E-state index in [-0.39, 0.29) is 0 Å². The van der Waals surface area contributed by atoms with Crippen LogP contribution in [0.15, 0.2) is 16.6 Å². The first-order chi connectivity index (χ1) is 8.63. The van der Waals surface area contributed by atoms with Gasteiger partial charge in [-0.1, -0.05) is 0 Å². The molecule has 1 aliphatic heterocycles. The van der Waals surface area contributed by atoms with E-state index in [9.17, 15) is 4.79 Å². The average Bonchev–Trinajstić information content (AvgIpc) is 2.35. The smallest absolute Gasteiger partial charge is 0.337 e. The molecule has 1 N–H and O–H groups in total. The summed E-state index contributed by atoms with van der Waals surface area (Å²) >= 11 is 3.35. The van der Waals surface area contributed by atoms with Crippen molar-refractivity contribution in [1.29, 1.82) is 0 Å². The Bertz CT molecular complexity index is 460. The molecule has 18 heavy (non-hydrogen) atoms. The number of carbonyl (C=O) groups is 1. The number of benzene rings is 1. The molecule has 0 aromatic heterocycles. The summed E-state index contributed by atoms with van der Waals surface area (Å²) in [4.78, 5) is 11.2. The normalized spacial score (nSPS) is 15.2. The Morgan fingerprint density at radius 1 is 1.50 bits per heavy atom. The SMILES string of the molecule is CCOC(C(=O)O)c1cc(Br)c2c(c1)OCCO2. The molecule has 0 bridgehead atoms. The Morgan fingerprint density at radius 2 is 2.22 bits per heavy atom. The quantitative estimate of drug-likeness (QED) is 0.924. The van der Waals surface area contributed by atoms with Crippen LogP contribution in [0, 0.1) is 0 Å². The van der Waals surface area contributed by atoms with E-state index in [4.69, 9.17) is 19.3 Å². The fourth-order valence-electron chi connectivity index (χ4n) is 1.76. The highest BCUT2D eigenvalue weighted by molar-refractivity contribution is 9.10. The maximum absolute atomic E-state index is 11.2. The molecule has 1 aliphatic rings. The first-order valence-electron chi connectivity index (χ1n) is 5.57. The number of halogens is 1. The van der Waals surface area contributed by atoms with Gasteiger partial charge < -0.3 is 19.3 Å². The van der Waals surface area contributed by atoms with Gasteiger partial charge in [0.2, 0.25) is 0 Å². The third kappa shape index (κ3) is 2.59. The van der Waals surface area contributed by atoms with E-state index in [1.54, 1.807) is 19.1 Å². The van der Waals surface area contributed by atoms with Crippen LogP contribution < -0.4 is 9.47 Å². The van der Waals surface area contributed by atoms with Crippen molar-refractivity contribution < 1.29 is 24.1 Å². The second-order valence-electron chi connectivity index (χ2n) is 3.70. The van der Waals surface area contributed by atoms with Gasteiger partial charge in [0.15, 0.2) is 17.6 Å². The lowest BCUT2D eigenvalue weighted by Gasteiger charge is -2.22. The van der Waals surface area contributed by atoms with Crippen molar-refractivity contribution in [1.82, 2.24) is 0 Å². The molecule has 1 aromatic rings. The van der Waals surface area contributed by atoms with E-state index >= 15 is 0 Å². The molecule has 0 aliphatic carbocycles. The van der Waals surface area contributed by atoms with Crippen LogP contribution in [0.25, 0.3) is 0 Å². The van der Waals surface area contributed by atoms with Crippen LogP contribution >= 0.6 is 15.9 Å². The molecule has 98 valence electrons. The number of fused-ring (bicyclic) bond motifs is 1. The summed E-state index contributed by atoms with van der Waals surface area (Å²) in [5.74, 6) is 0.114. The van der Waals surface area contributed by atoms with Crippen molar-refractivity contribution in [2.75, 3.05) is 19.8 Å². The number of hydrogen-bond acceptors (Lipinski definition) is 4. The molecule has 2 rings (SSSR count). The van der Waals surface area contributed by atoms with E-state index in [1.165, 1.54) is 0 Å². The summed E-state index contributed by atoms with van der Waals surface area (Å²) in [6.45, 7) is 3.01. The van der Waals surface area contributed by atoms with Gasteiger partial charge in [0.1, 0.15) is 13.2 Å². The minimum Gasteiger partial charge on any atom is -0.486 e. The largest absolute Gasteiger partial charge is 0.486 e. The molecule has 1 atom stereocenters. The molecule has 5 nitrogen and oxygen atoms in total. The maximum atomic E-state index is 11.2. The highest BCUT2D eigenvalue weighted by Crippen LogP contribution is 2.40. The number of rotatable bonds is 4. The second kappa shape index (κ2) is 5.58. The number of carboxylic acids is 1. The molecule has 0 saturated heterocycles. The van der Waals surface area contributed by atoms with Crippen LogP contribution in [0.4, 0.5) is 0 Å². The Hall–Kier alpha value is -1.27. The molecule has 6 heteroatoms. The van der Waals surface area contributed by atoms with Gasteiger partial charge in [0.05, 0.1) is 4.47 Å². The fourth-order valence-corrected chi connectivity index (χ4v) is 2.33. The van der Waals surface area contributed by atoms with Crippen molar-refractivity contribution in [2.24, 2.45) is 0 Å². The van der Waals surface area contributed by atoms with Gasteiger partial charge in [-0.25, -0.2) is 4.79 Å². The number of carboxylic acid groups (broad SMARTS) is 1. The number of aliphatic carboxylic acids is 1. The summed E-state index contributed by atoms with van der Waals surface area (Å²) in [7, 11) is 0. The van der Waals surface area contributed by atoms with Gasteiger partial charge in [0, 0.05) is 6.61 Å². The van der Waals surface area contributed by atoms with Crippen molar-refractivity contribution in [3.8, 4) is 11.5 Å². The molecule has 0 saturated carbocycles. The van der Waals surface area contributed by atoms with E-state index in [0.29, 0.717) is 41.4 Å². The summed E-state index contributed by atoms with van der Waals surface area (Å²) in [5, 5.41) is 9.14. The summed E-state index contributed by atoms with van der Waals surface area (Å²) in [5.41, 5.74) is 0.528. The third-order valence-electron chi connectivity index (χ3n) is 2.48. The van der Waals surface area contributed by atoms with Crippen LogP contribution in [-0.2, 0) is 9.53 Å². The highest BCUT2D eigenvalue weighted by atomic mass is 79.9. The van der Waals surface area contributed by atoms with E-state index in [2.05, 4.69) is 15.9 Å². The van der Waals surface area contributed by atoms with E-state index < -0.39 is 12.1 Å². The molecular weight excluding hydrogens is 304 g/mol. The Balaban J connectivity index is 2.38. The zero-order valence-electron chi connectivity index (χ0n) is 9.81. The number of hydrogen-bond donors (Lipinski definition) is 1. The third-order valence-corrected chi connectivity index (χ3v) is 3.07. The highest BCUT2D eigenvalue weighted by Gasteiger charge is 2.24. The van der Waals surface area contributed by atoms with Gasteiger partial charge in [-0.05, 0) is 40.5 Å². The molecule has 0 spiro atoms. The lowest BCUT2D eigenvalue weighted by molar-refractivity contribution is -0.150. The topological polar surface area (TPSA) is 65.0 Å². The van der Waals surface area contributed by atoms with E-state index in [0.717, 1.165) is 0 Å². The Labute approximate surface area is 113 Å². The number of ether oxygens (including phenoxy) is 3. The molecule has 0 amide bonds. The summed E-state index contributed by atoms with van der Waals surface area (Å²) < 4.78 is 16.8. The van der Waals surface area contributed by atoms with Crippen molar-refractivity contribution in [3.63, 3.8) is 0 Å². The Morgan fingerprint density at radius 3 is 2.89 bits per heavy atom. The lowest BCUT2D eigenvalue weighted by atomic mass is 10.1. The van der Waals surface area contributed by atoms with Crippen LogP contribution in [0.5, 0.6) is 11.5 Å². The molecule has 1 heterocycles. The first-order valence-corrected chi connectivity index (χ1v) is 6.36. The summed E-state index contributed by atoms with van der Waals surface area (Å²) in [6.07, 6.45) is -0.998. The zero-order chi connectivity index (χ0) is 13.1. The predicted molar refractivity (Wildman–Crippen MR) is 67.1 cm³/mol. The molecule has 1 unspecified atom stereocenters. The van der Waals surface area contributed by atoms with Gasteiger partial charge >= 0.3 is 5.97 Å². The standard InChI is InChI=1S/C12H13BrO5/c1-2-16-10(12(14)15)7-5-8(13)11-9(6-7)17-3-4-18-11/h5-6,10H,2-4H2,1H3,(H,14,15). The van der Waals surface area contributed by atoms with E-state index in [1.807, 2.05) is 0 Å². The monoisotopic (exact) mass is 316 g/mol. The van der Waals surface area contributed by atoms with Crippen LogP contribution in [-0.4, -0.2) is 30.9 Å². The van der Waals surface area contributed by atoms with Gasteiger partial charge in [0.25, 0.3) is 0 Å². The Kier molecular flexibility index (Phi) is 4.08. The molecular formula is C12H13BrO5. The average molecular weight is 317 g/mol. The predicted octanol–water partition coefficient (Wildman–Crippen LogP) is 2.38. The van der Waals surface area contributed by atoms with Crippen LogP contribution in [0.3, 0.4) is 0 Å². The van der Waals surface area contributed by atoms with Gasteiger partial charge in [-0.3, -0.25) is 0 Å². The lowest BCUT2D eigenvalue weighted by Crippen LogP contribution is -2.18. The zero-order valence-corrected chi connectivity index (χ0v) is 11.4. The van der Waals surface area contributed by atoms with Crippen molar-refractivity contribution in [2.45, 2.75) is 13.0 Å². The summed E-state index contributed by atoms with van der Waals surface area (Å²) in [6, 6.07) is 3.33. The van der Waals surface area contributed by atoms with Gasteiger partial charge in [-0.2, -0.15) is 0 Å². The first kappa shape index (κ1) is 13.2. The second-order valence-corrected chi connectivity index (χ2v) is 4.55. The van der Waals surface area contributed by atoms with Crippen LogP contribution in [0.1, 0.15) is 18.6 Å². The van der Waals surface area contributed by atoms with Crippen LogP contribution in [0.2, 0.25) is 0 Å². The minimum absolute atomic E-state index is 0.322. The molecule has 0 radical (unpaired) electrons. The van der Waals surface area contributed by atoms with Crippen molar-refractivity contribution in [3.05, 3.63) is 22.2 Å². The maximum Gasteiger partial charge on any atom is 0.337 e. The van der Waals surface area contributed by atoms with Crippen molar-refractivity contribution >= 4 is 21.9 Å².